The fraction of sp³-hybridized carbons (Fsp3) is 0.211. The number of thioether (sulfide) groups is 1. The Hall–Kier alpha value is -2.80. The fourth-order valence-electron chi connectivity index (χ4n) is 2.33. The van der Waals surface area contributed by atoms with E-state index < -0.39 is 0 Å². The first-order valence-electron chi connectivity index (χ1n) is 8.20. The zero-order chi connectivity index (χ0) is 18.4. The summed E-state index contributed by atoms with van der Waals surface area (Å²) in [6.07, 6.45) is 0. The molecule has 0 radical (unpaired) electrons. The Bertz CT molecular complexity index is 895. The van der Waals surface area contributed by atoms with E-state index >= 15 is 0 Å². The molecule has 0 atom stereocenters. The summed E-state index contributed by atoms with van der Waals surface area (Å²) in [7, 11) is 0. The molecule has 1 amide bonds. The van der Waals surface area contributed by atoms with Crippen molar-refractivity contribution < 1.29 is 13.9 Å². The zero-order valence-corrected chi connectivity index (χ0v) is 15.4. The number of hydrogen-bond acceptors (Lipinski definition) is 6. The van der Waals surface area contributed by atoms with Gasteiger partial charge in [0.1, 0.15) is 5.75 Å². The van der Waals surface area contributed by atoms with Crippen LogP contribution in [0, 0.1) is 6.92 Å². The minimum atomic E-state index is -0.169. The van der Waals surface area contributed by atoms with E-state index in [0.29, 0.717) is 29.2 Å². The number of nitrogens with zero attached hydrogens (tertiary/aromatic N) is 2. The summed E-state index contributed by atoms with van der Waals surface area (Å²) in [6.45, 7) is 4.43. The molecule has 0 bridgehead atoms. The van der Waals surface area contributed by atoms with E-state index in [1.807, 2.05) is 56.3 Å². The predicted molar refractivity (Wildman–Crippen MR) is 101 cm³/mol. The topological polar surface area (TPSA) is 77.2 Å². The molecule has 6 nitrogen and oxygen atoms in total. The van der Waals surface area contributed by atoms with Gasteiger partial charge in [-0.15, -0.1) is 10.2 Å². The lowest BCUT2D eigenvalue weighted by Gasteiger charge is -2.10. The van der Waals surface area contributed by atoms with Crippen LogP contribution in [-0.4, -0.2) is 28.5 Å². The van der Waals surface area contributed by atoms with Crippen molar-refractivity contribution in [2.75, 3.05) is 17.7 Å². The third kappa shape index (κ3) is 4.64. The molecule has 0 fully saturated rings. The molecule has 3 rings (SSSR count). The van der Waals surface area contributed by atoms with Crippen molar-refractivity contribution in [2.24, 2.45) is 0 Å². The van der Waals surface area contributed by atoms with Gasteiger partial charge in [-0.05, 0) is 38.1 Å². The number of aromatic nitrogens is 2. The van der Waals surface area contributed by atoms with Gasteiger partial charge in [-0.3, -0.25) is 4.79 Å². The standard InChI is InChI=1S/C19H19N3O3S/c1-3-24-16-10-5-4-9-15(16)20-17(23)12-26-19-22-21-18(25-19)14-8-6-7-13(2)11-14/h4-11H,3,12H2,1-2H3,(H,20,23). The largest absolute Gasteiger partial charge is 0.492 e. The Labute approximate surface area is 156 Å². The highest BCUT2D eigenvalue weighted by molar-refractivity contribution is 7.99. The molecule has 7 heteroatoms. The highest BCUT2D eigenvalue weighted by Gasteiger charge is 2.12. The summed E-state index contributed by atoms with van der Waals surface area (Å²) in [5.41, 5.74) is 2.62. The number of carbonyl (C=O) groups excluding carboxylic acids is 1. The van der Waals surface area contributed by atoms with Gasteiger partial charge in [0, 0.05) is 5.56 Å². The van der Waals surface area contributed by atoms with Gasteiger partial charge < -0.3 is 14.5 Å². The molecule has 1 N–H and O–H groups in total. The van der Waals surface area contributed by atoms with Crippen LogP contribution in [0.5, 0.6) is 5.75 Å². The third-order valence-corrected chi connectivity index (χ3v) is 4.28. The maximum atomic E-state index is 12.2. The first-order chi connectivity index (χ1) is 12.7. The summed E-state index contributed by atoms with van der Waals surface area (Å²) in [5.74, 6) is 1.08. The summed E-state index contributed by atoms with van der Waals surface area (Å²) < 4.78 is 11.1. The summed E-state index contributed by atoms with van der Waals surface area (Å²) in [5, 5.41) is 11.2. The van der Waals surface area contributed by atoms with Crippen molar-refractivity contribution in [2.45, 2.75) is 19.1 Å². The molecule has 0 aliphatic carbocycles. The Morgan fingerprint density at radius 1 is 1.19 bits per heavy atom. The number of carbonyl (C=O) groups is 1. The van der Waals surface area contributed by atoms with Gasteiger partial charge in [0.2, 0.25) is 11.8 Å². The van der Waals surface area contributed by atoms with Crippen molar-refractivity contribution in [3.8, 4) is 17.2 Å². The Morgan fingerprint density at radius 3 is 2.85 bits per heavy atom. The van der Waals surface area contributed by atoms with Crippen molar-refractivity contribution >= 4 is 23.4 Å². The number of anilines is 1. The van der Waals surface area contributed by atoms with E-state index in [2.05, 4.69) is 15.5 Å². The molecule has 0 aliphatic heterocycles. The third-order valence-electron chi connectivity index (χ3n) is 3.46. The lowest BCUT2D eigenvalue weighted by molar-refractivity contribution is -0.113. The van der Waals surface area contributed by atoms with Crippen LogP contribution in [0.2, 0.25) is 0 Å². The minimum Gasteiger partial charge on any atom is -0.492 e. The van der Waals surface area contributed by atoms with Crippen LogP contribution in [0.25, 0.3) is 11.5 Å². The molecule has 0 saturated carbocycles. The molecule has 26 heavy (non-hydrogen) atoms. The lowest BCUT2D eigenvalue weighted by Crippen LogP contribution is -2.14. The number of ether oxygens (including phenoxy) is 1. The first kappa shape index (κ1) is 18.0. The molecule has 0 unspecified atom stereocenters. The van der Waals surface area contributed by atoms with Gasteiger partial charge in [0.25, 0.3) is 5.22 Å². The molecule has 1 aromatic heterocycles. The number of amides is 1. The molecular weight excluding hydrogens is 350 g/mol. The number of rotatable bonds is 7. The molecule has 1 heterocycles. The Morgan fingerprint density at radius 2 is 2.04 bits per heavy atom. The second-order valence-corrected chi connectivity index (χ2v) is 6.44. The van der Waals surface area contributed by atoms with Crippen molar-refractivity contribution in [1.82, 2.24) is 10.2 Å². The van der Waals surface area contributed by atoms with Crippen molar-refractivity contribution in [3.63, 3.8) is 0 Å². The van der Waals surface area contributed by atoms with E-state index in [-0.39, 0.29) is 11.7 Å². The van der Waals surface area contributed by atoms with E-state index in [9.17, 15) is 4.79 Å². The molecular formula is C19H19N3O3S. The van der Waals surface area contributed by atoms with Gasteiger partial charge in [-0.2, -0.15) is 0 Å². The second kappa shape index (κ2) is 8.53. The Kier molecular flexibility index (Phi) is 5.91. The quantitative estimate of drug-likeness (QED) is 0.630. The lowest BCUT2D eigenvalue weighted by atomic mass is 10.1. The number of benzene rings is 2. The zero-order valence-electron chi connectivity index (χ0n) is 14.6. The van der Waals surface area contributed by atoms with Gasteiger partial charge >= 0.3 is 0 Å². The van der Waals surface area contributed by atoms with Crippen LogP contribution in [0.1, 0.15) is 12.5 Å². The molecule has 2 aromatic carbocycles. The van der Waals surface area contributed by atoms with Crippen LogP contribution in [0.4, 0.5) is 5.69 Å². The highest BCUT2D eigenvalue weighted by atomic mass is 32.2. The van der Waals surface area contributed by atoms with E-state index in [1.165, 1.54) is 11.8 Å². The van der Waals surface area contributed by atoms with Crippen LogP contribution in [0.3, 0.4) is 0 Å². The molecule has 0 aliphatic rings. The van der Waals surface area contributed by atoms with E-state index in [1.54, 1.807) is 6.07 Å². The van der Waals surface area contributed by atoms with Crippen LogP contribution >= 0.6 is 11.8 Å². The second-order valence-electron chi connectivity index (χ2n) is 5.51. The van der Waals surface area contributed by atoms with Crippen molar-refractivity contribution in [1.29, 1.82) is 0 Å². The molecule has 134 valence electrons. The first-order valence-corrected chi connectivity index (χ1v) is 9.19. The van der Waals surface area contributed by atoms with Crippen LogP contribution in [0.15, 0.2) is 58.2 Å². The predicted octanol–water partition coefficient (Wildman–Crippen LogP) is 4.17. The van der Waals surface area contributed by atoms with Crippen molar-refractivity contribution in [3.05, 3.63) is 54.1 Å². The SMILES string of the molecule is CCOc1ccccc1NC(=O)CSc1nnc(-c2cccc(C)c2)o1. The van der Waals surface area contributed by atoms with Crippen LogP contribution in [-0.2, 0) is 4.79 Å². The summed E-state index contributed by atoms with van der Waals surface area (Å²) in [4.78, 5) is 12.2. The van der Waals surface area contributed by atoms with Gasteiger partial charge in [0.05, 0.1) is 18.0 Å². The average Bonchev–Trinajstić information content (AvgIpc) is 3.11. The molecule has 0 saturated heterocycles. The van der Waals surface area contributed by atoms with E-state index in [4.69, 9.17) is 9.15 Å². The highest BCUT2D eigenvalue weighted by Crippen LogP contribution is 2.26. The van der Waals surface area contributed by atoms with Crippen LogP contribution < -0.4 is 10.1 Å². The normalized spacial score (nSPS) is 10.5. The minimum absolute atomic E-state index is 0.163. The number of para-hydroxylation sites is 2. The fourth-order valence-corrected chi connectivity index (χ4v) is 2.89. The maximum absolute atomic E-state index is 12.2. The average molecular weight is 369 g/mol. The summed E-state index contributed by atoms with van der Waals surface area (Å²) >= 11 is 1.19. The summed E-state index contributed by atoms with van der Waals surface area (Å²) in [6, 6.07) is 15.1. The van der Waals surface area contributed by atoms with E-state index in [0.717, 1.165) is 11.1 Å². The van der Waals surface area contributed by atoms with Gasteiger partial charge in [-0.25, -0.2) is 0 Å². The van der Waals surface area contributed by atoms with Gasteiger partial charge in [-0.1, -0.05) is 41.6 Å². The number of hydrogen-bond donors (Lipinski definition) is 1. The number of aryl methyl sites for hydroxylation is 1. The monoisotopic (exact) mass is 369 g/mol. The Balaban J connectivity index is 1.59. The smallest absolute Gasteiger partial charge is 0.277 e. The molecule has 3 aromatic rings. The molecule has 0 spiro atoms. The number of nitrogens with one attached hydrogen (secondary N) is 1. The maximum Gasteiger partial charge on any atom is 0.277 e. The van der Waals surface area contributed by atoms with Gasteiger partial charge in [0.15, 0.2) is 0 Å².